The van der Waals surface area contributed by atoms with Gasteiger partial charge in [-0.25, -0.2) is 9.59 Å². The monoisotopic (exact) mass is 298 g/mol. The van der Waals surface area contributed by atoms with E-state index >= 15 is 0 Å². The van der Waals surface area contributed by atoms with Crippen LogP contribution in [0.4, 0.5) is 9.80 Å². The summed E-state index contributed by atoms with van der Waals surface area (Å²) in [5.41, 5.74) is 1.32. The summed E-state index contributed by atoms with van der Waals surface area (Å²) in [6, 6.07) is -0.287. The van der Waals surface area contributed by atoms with E-state index in [1.165, 1.54) is 11.3 Å². The van der Waals surface area contributed by atoms with E-state index in [9.17, 15) is 9.59 Å². The fourth-order valence-electron chi connectivity index (χ4n) is 1.69. The lowest BCUT2D eigenvalue weighted by Crippen LogP contribution is -2.29. The van der Waals surface area contributed by atoms with Crippen molar-refractivity contribution < 1.29 is 14.3 Å². The molecule has 0 fully saturated rings. The minimum absolute atomic E-state index is 0.287. The zero-order valence-electron chi connectivity index (χ0n) is 12.5. The van der Waals surface area contributed by atoms with Crippen molar-refractivity contribution in [3.05, 3.63) is 16.0 Å². The fourth-order valence-corrected chi connectivity index (χ4v) is 2.73. The Morgan fingerprint density at radius 3 is 2.55 bits per heavy atom. The number of rotatable bonds is 6. The molecule has 2 N–H and O–H groups in total. The number of nitrogens with one attached hydrogen (secondary N) is 2. The van der Waals surface area contributed by atoms with Crippen molar-refractivity contribution in [2.24, 2.45) is 0 Å². The lowest BCUT2D eigenvalue weighted by atomic mass is 10.1. The van der Waals surface area contributed by atoms with Crippen molar-refractivity contribution in [1.29, 1.82) is 0 Å². The molecule has 0 saturated heterocycles. The maximum Gasteiger partial charge on any atom is 0.341 e. The Kier molecular flexibility index (Phi) is 6.51. The first kappa shape index (κ1) is 16.5. The normalized spacial score (nSPS) is 10.2. The van der Waals surface area contributed by atoms with Crippen LogP contribution < -0.4 is 10.6 Å². The molecule has 0 atom stereocenters. The fraction of sp³-hybridized carbons (Fsp3) is 0.571. The summed E-state index contributed by atoms with van der Waals surface area (Å²) in [6.07, 6.45) is 1.95. The number of hydrogen-bond acceptors (Lipinski definition) is 4. The summed E-state index contributed by atoms with van der Waals surface area (Å²) in [5, 5.41) is 6.05. The number of aryl methyl sites for hydroxylation is 1. The number of amides is 2. The summed E-state index contributed by atoms with van der Waals surface area (Å²) >= 11 is 1.39. The molecule has 0 saturated carbocycles. The van der Waals surface area contributed by atoms with Gasteiger partial charge in [0, 0.05) is 11.4 Å². The van der Waals surface area contributed by atoms with Gasteiger partial charge in [-0.2, -0.15) is 0 Å². The minimum Gasteiger partial charge on any atom is -0.462 e. The van der Waals surface area contributed by atoms with Crippen LogP contribution in [0.15, 0.2) is 0 Å². The average Bonchev–Trinajstić information content (AvgIpc) is 2.65. The van der Waals surface area contributed by atoms with E-state index in [2.05, 4.69) is 17.6 Å². The van der Waals surface area contributed by atoms with Crippen molar-refractivity contribution in [3.8, 4) is 0 Å². The number of carbonyl (C=O) groups excluding carboxylic acids is 2. The second kappa shape index (κ2) is 7.89. The Morgan fingerprint density at radius 2 is 1.95 bits per heavy atom. The van der Waals surface area contributed by atoms with Gasteiger partial charge >= 0.3 is 12.0 Å². The van der Waals surface area contributed by atoms with Crippen LogP contribution in [0.5, 0.6) is 0 Å². The topological polar surface area (TPSA) is 67.4 Å². The highest BCUT2D eigenvalue weighted by Gasteiger charge is 2.21. The lowest BCUT2D eigenvalue weighted by molar-refractivity contribution is 0.0527. The highest BCUT2D eigenvalue weighted by atomic mass is 32.1. The molecule has 0 aliphatic heterocycles. The molecule has 1 heterocycles. The highest BCUT2D eigenvalue weighted by Crippen LogP contribution is 2.32. The van der Waals surface area contributed by atoms with Crippen molar-refractivity contribution in [1.82, 2.24) is 5.32 Å². The van der Waals surface area contributed by atoms with E-state index in [1.807, 2.05) is 13.8 Å². The molecule has 0 spiro atoms. The lowest BCUT2D eigenvalue weighted by Gasteiger charge is -2.08. The molecule has 20 heavy (non-hydrogen) atoms. The van der Waals surface area contributed by atoms with Gasteiger partial charge in [0.1, 0.15) is 5.00 Å². The molecule has 1 aromatic rings. The number of hydrogen-bond donors (Lipinski definition) is 2. The number of urea groups is 1. The van der Waals surface area contributed by atoms with Crippen LogP contribution >= 0.6 is 11.3 Å². The Labute approximate surface area is 123 Å². The summed E-state index contributed by atoms with van der Waals surface area (Å²) in [5.74, 6) is -0.391. The van der Waals surface area contributed by atoms with E-state index in [-0.39, 0.29) is 6.03 Å². The maximum atomic E-state index is 12.0. The highest BCUT2D eigenvalue weighted by molar-refractivity contribution is 7.16. The van der Waals surface area contributed by atoms with Gasteiger partial charge in [-0.05, 0) is 32.8 Å². The Bertz CT molecular complexity index is 483. The number of esters is 1. The summed E-state index contributed by atoms with van der Waals surface area (Å²) in [4.78, 5) is 24.7. The van der Waals surface area contributed by atoms with Crippen molar-refractivity contribution in [2.75, 3.05) is 18.5 Å². The van der Waals surface area contributed by atoms with Crippen LogP contribution in [0.2, 0.25) is 0 Å². The van der Waals surface area contributed by atoms with E-state index in [0.717, 1.165) is 23.3 Å². The molecule has 5 nitrogen and oxygen atoms in total. The van der Waals surface area contributed by atoms with Gasteiger partial charge in [-0.3, -0.25) is 5.32 Å². The molecule has 0 bridgehead atoms. The Morgan fingerprint density at radius 1 is 1.25 bits per heavy atom. The van der Waals surface area contributed by atoms with Gasteiger partial charge in [0.2, 0.25) is 0 Å². The predicted octanol–water partition coefficient (Wildman–Crippen LogP) is 3.46. The molecule has 1 rings (SSSR count). The minimum atomic E-state index is -0.391. The number of ether oxygens (including phenoxy) is 1. The Balaban J connectivity index is 2.81. The van der Waals surface area contributed by atoms with Crippen LogP contribution in [0.25, 0.3) is 0 Å². The average molecular weight is 298 g/mol. The number of thiophene rings is 1. The molecule has 2 amide bonds. The van der Waals surface area contributed by atoms with Crippen LogP contribution in [-0.2, 0) is 4.74 Å². The number of carbonyl (C=O) groups is 2. The third kappa shape index (κ3) is 4.23. The molecule has 6 heteroatoms. The first-order chi connectivity index (χ1) is 9.51. The predicted molar refractivity (Wildman–Crippen MR) is 81.7 cm³/mol. The molecule has 0 aliphatic rings. The first-order valence-electron chi connectivity index (χ1n) is 6.83. The molecule has 0 aromatic carbocycles. The number of anilines is 1. The smallest absolute Gasteiger partial charge is 0.341 e. The van der Waals surface area contributed by atoms with Gasteiger partial charge < -0.3 is 10.1 Å². The first-order valence-corrected chi connectivity index (χ1v) is 7.64. The van der Waals surface area contributed by atoms with Crippen molar-refractivity contribution in [2.45, 2.75) is 40.5 Å². The molecule has 0 radical (unpaired) electrons. The quantitative estimate of drug-likeness (QED) is 0.624. The van der Waals surface area contributed by atoms with Crippen LogP contribution in [0.1, 0.15) is 47.5 Å². The molecule has 1 aromatic heterocycles. The zero-order valence-corrected chi connectivity index (χ0v) is 13.3. The Hall–Kier alpha value is -1.56. The van der Waals surface area contributed by atoms with E-state index in [4.69, 9.17) is 4.74 Å². The molecular formula is C14H22N2O3S. The molecule has 112 valence electrons. The summed E-state index contributed by atoms with van der Waals surface area (Å²) in [6.45, 7) is 8.54. The van der Waals surface area contributed by atoms with Crippen LogP contribution in [0, 0.1) is 13.8 Å². The van der Waals surface area contributed by atoms with Crippen LogP contribution in [0.3, 0.4) is 0 Å². The van der Waals surface area contributed by atoms with Gasteiger partial charge in [0.15, 0.2) is 0 Å². The van der Waals surface area contributed by atoms with E-state index < -0.39 is 5.97 Å². The largest absolute Gasteiger partial charge is 0.462 e. The van der Waals surface area contributed by atoms with Gasteiger partial charge in [-0.1, -0.05) is 13.3 Å². The second-order valence-corrected chi connectivity index (χ2v) is 5.67. The summed E-state index contributed by atoms with van der Waals surface area (Å²) in [7, 11) is 0. The third-order valence-corrected chi connectivity index (χ3v) is 4.03. The van der Waals surface area contributed by atoms with Crippen molar-refractivity contribution >= 4 is 28.3 Å². The molecule has 0 aliphatic carbocycles. The number of unbranched alkanes of at least 4 members (excludes halogenated alkanes) is 1. The molecular weight excluding hydrogens is 276 g/mol. The zero-order chi connectivity index (χ0) is 15.1. The van der Waals surface area contributed by atoms with Gasteiger partial charge in [0.25, 0.3) is 0 Å². The third-order valence-electron chi connectivity index (χ3n) is 2.91. The maximum absolute atomic E-state index is 12.0. The van der Waals surface area contributed by atoms with E-state index in [1.54, 1.807) is 6.92 Å². The molecule has 0 unspecified atom stereocenters. The van der Waals surface area contributed by atoms with Gasteiger partial charge in [0.05, 0.1) is 12.2 Å². The van der Waals surface area contributed by atoms with E-state index in [0.29, 0.717) is 23.7 Å². The van der Waals surface area contributed by atoms with Crippen LogP contribution in [-0.4, -0.2) is 25.2 Å². The SMILES string of the molecule is CCCCNC(=O)Nc1sc(C)c(C)c1C(=O)OCC. The van der Waals surface area contributed by atoms with Crippen molar-refractivity contribution in [3.63, 3.8) is 0 Å². The summed E-state index contributed by atoms with van der Waals surface area (Å²) < 4.78 is 5.04. The van der Waals surface area contributed by atoms with Gasteiger partial charge in [-0.15, -0.1) is 11.3 Å². The second-order valence-electron chi connectivity index (χ2n) is 4.44. The standard InChI is InChI=1S/C14H22N2O3S/c1-5-7-8-15-14(18)16-12-11(13(17)19-6-2)9(3)10(4)20-12/h5-8H2,1-4H3,(H2,15,16,18).